The molecule has 1 aliphatic rings. The molecular weight excluding hydrogens is 240 g/mol. The van der Waals surface area contributed by atoms with E-state index in [2.05, 4.69) is 17.1 Å². The van der Waals surface area contributed by atoms with E-state index in [9.17, 15) is 0 Å². The highest BCUT2D eigenvalue weighted by Crippen LogP contribution is 2.17. The summed E-state index contributed by atoms with van der Waals surface area (Å²) in [6, 6.07) is 8.42. The van der Waals surface area contributed by atoms with Crippen LogP contribution >= 0.6 is 0 Å². The largest absolute Gasteiger partial charge is 0.497 e. The lowest BCUT2D eigenvalue weighted by Crippen LogP contribution is -2.39. The highest BCUT2D eigenvalue weighted by molar-refractivity contribution is 5.31. The molecule has 106 valence electrons. The Morgan fingerprint density at radius 3 is 2.58 bits per heavy atom. The molecule has 0 radical (unpaired) electrons. The summed E-state index contributed by atoms with van der Waals surface area (Å²) in [6.45, 7) is 7.26. The molecule has 1 N–H and O–H groups in total. The van der Waals surface area contributed by atoms with Crippen LogP contribution in [0.4, 0.5) is 0 Å². The van der Waals surface area contributed by atoms with Crippen LogP contribution in [-0.4, -0.2) is 50.8 Å². The number of benzene rings is 1. The minimum Gasteiger partial charge on any atom is -0.497 e. The molecule has 1 aromatic rings. The topological polar surface area (TPSA) is 33.7 Å². The molecule has 4 heteroatoms. The number of hydrogen-bond donors (Lipinski definition) is 1. The molecule has 1 heterocycles. The van der Waals surface area contributed by atoms with Gasteiger partial charge in [0.15, 0.2) is 0 Å². The number of ether oxygens (including phenoxy) is 2. The molecule has 2 rings (SSSR count). The molecule has 1 atom stereocenters. The molecule has 1 saturated heterocycles. The van der Waals surface area contributed by atoms with E-state index in [4.69, 9.17) is 9.47 Å². The zero-order valence-corrected chi connectivity index (χ0v) is 11.9. The Balaban J connectivity index is 1.74. The van der Waals surface area contributed by atoms with E-state index in [1.54, 1.807) is 7.11 Å². The second-order valence-corrected chi connectivity index (χ2v) is 4.80. The molecule has 0 bridgehead atoms. The van der Waals surface area contributed by atoms with E-state index < -0.39 is 0 Å². The Kier molecular flexibility index (Phi) is 5.48. The predicted molar refractivity (Wildman–Crippen MR) is 77.0 cm³/mol. The van der Waals surface area contributed by atoms with Crippen molar-refractivity contribution in [3.63, 3.8) is 0 Å². The van der Waals surface area contributed by atoms with E-state index in [1.165, 1.54) is 6.42 Å². The van der Waals surface area contributed by atoms with Crippen LogP contribution in [0.3, 0.4) is 0 Å². The number of likely N-dealkylation sites (N-methyl/N-ethyl adjacent to an activating group) is 1. The second-order valence-electron chi connectivity index (χ2n) is 4.80. The summed E-state index contributed by atoms with van der Waals surface area (Å²) in [7, 11) is 1.67. The SMILES string of the molecule is CCN(CCOc1ccc(OC)cc1)C1CCNC1. The molecule has 19 heavy (non-hydrogen) atoms. The van der Waals surface area contributed by atoms with Gasteiger partial charge in [0.25, 0.3) is 0 Å². The lowest BCUT2D eigenvalue weighted by Gasteiger charge is -2.26. The van der Waals surface area contributed by atoms with Gasteiger partial charge in [0.2, 0.25) is 0 Å². The number of methoxy groups -OCH3 is 1. The third kappa shape index (κ3) is 4.11. The van der Waals surface area contributed by atoms with Gasteiger partial charge >= 0.3 is 0 Å². The average molecular weight is 264 g/mol. The van der Waals surface area contributed by atoms with Crippen LogP contribution in [0.1, 0.15) is 13.3 Å². The van der Waals surface area contributed by atoms with Crippen molar-refractivity contribution in [3.05, 3.63) is 24.3 Å². The fourth-order valence-electron chi connectivity index (χ4n) is 2.50. The smallest absolute Gasteiger partial charge is 0.119 e. The minimum atomic E-state index is 0.671. The van der Waals surface area contributed by atoms with Crippen molar-refractivity contribution in [2.24, 2.45) is 0 Å². The number of nitrogens with one attached hydrogen (secondary N) is 1. The van der Waals surface area contributed by atoms with Crippen LogP contribution < -0.4 is 14.8 Å². The predicted octanol–water partition coefficient (Wildman–Crippen LogP) is 1.76. The first-order valence-corrected chi connectivity index (χ1v) is 7.05. The van der Waals surface area contributed by atoms with E-state index in [1.807, 2.05) is 24.3 Å². The molecule has 0 spiro atoms. The third-order valence-corrected chi connectivity index (χ3v) is 3.66. The summed E-state index contributed by atoms with van der Waals surface area (Å²) in [6.07, 6.45) is 1.25. The molecule has 0 saturated carbocycles. The second kappa shape index (κ2) is 7.36. The van der Waals surface area contributed by atoms with Gasteiger partial charge in [0.1, 0.15) is 18.1 Å². The van der Waals surface area contributed by atoms with Crippen molar-refractivity contribution >= 4 is 0 Å². The van der Waals surface area contributed by atoms with Gasteiger partial charge in [-0.25, -0.2) is 0 Å². The first-order chi connectivity index (χ1) is 9.33. The number of hydrogen-bond acceptors (Lipinski definition) is 4. The number of rotatable bonds is 7. The maximum absolute atomic E-state index is 5.78. The summed E-state index contributed by atoms with van der Waals surface area (Å²) in [4.78, 5) is 2.49. The molecule has 1 unspecified atom stereocenters. The summed E-state index contributed by atoms with van der Waals surface area (Å²) in [5.74, 6) is 1.76. The van der Waals surface area contributed by atoms with Crippen molar-refractivity contribution in [2.75, 3.05) is 39.9 Å². The molecule has 4 nitrogen and oxygen atoms in total. The quantitative estimate of drug-likeness (QED) is 0.813. The van der Waals surface area contributed by atoms with Crippen LogP contribution in [0, 0.1) is 0 Å². The van der Waals surface area contributed by atoms with Gasteiger partial charge in [-0.15, -0.1) is 0 Å². The summed E-state index contributed by atoms with van der Waals surface area (Å²) >= 11 is 0. The Morgan fingerprint density at radius 2 is 2.00 bits per heavy atom. The van der Waals surface area contributed by atoms with Crippen LogP contribution in [0.15, 0.2) is 24.3 Å². The Labute approximate surface area is 115 Å². The molecule has 1 aliphatic heterocycles. The first kappa shape index (κ1) is 14.2. The highest BCUT2D eigenvalue weighted by atomic mass is 16.5. The molecule has 1 aromatic carbocycles. The molecular formula is C15H24N2O2. The zero-order chi connectivity index (χ0) is 13.5. The minimum absolute atomic E-state index is 0.671. The van der Waals surface area contributed by atoms with E-state index >= 15 is 0 Å². The lowest BCUT2D eigenvalue weighted by atomic mass is 10.2. The van der Waals surface area contributed by atoms with Crippen LogP contribution in [0.25, 0.3) is 0 Å². The monoisotopic (exact) mass is 264 g/mol. The van der Waals surface area contributed by atoms with Gasteiger partial charge < -0.3 is 14.8 Å². The van der Waals surface area contributed by atoms with Crippen molar-refractivity contribution in [1.29, 1.82) is 0 Å². The van der Waals surface area contributed by atoms with Gasteiger partial charge in [-0.2, -0.15) is 0 Å². The van der Waals surface area contributed by atoms with E-state index in [-0.39, 0.29) is 0 Å². The average Bonchev–Trinajstić information content (AvgIpc) is 2.98. The zero-order valence-electron chi connectivity index (χ0n) is 11.9. The van der Waals surface area contributed by atoms with Crippen LogP contribution in [0.5, 0.6) is 11.5 Å². The first-order valence-electron chi connectivity index (χ1n) is 7.05. The van der Waals surface area contributed by atoms with Crippen molar-refractivity contribution in [3.8, 4) is 11.5 Å². The Bertz CT molecular complexity index is 361. The third-order valence-electron chi connectivity index (χ3n) is 3.66. The maximum Gasteiger partial charge on any atom is 0.119 e. The Hall–Kier alpha value is -1.26. The van der Waals surface area contributed by atoms with E-state index in [0.29, 0.717) is 6.04 Å². The van der Waals surface area contributed by atoms with Crippen molar-refractivity contribution < 1.29 is 9.47 Å². The van der Waals surface area contributed by atoms with Crippen LogP contribution in [-0.2, 0) is 0 Å². The maximum atomic E-state index is 5.78. The fourth-order valence-corrected chi connectivity index (χ4v) is 2.50. The normalized spacial score (nSPS) is 18.8. The van der Waals surface area contributed by atoms with Gasteiger partial charge in [0, 0.05) is 19.1 Å². The van der Waals surface area contributed by atoms with E-state index in [0.717, 1.165) is 44.3 Å². The molecule has 0 aliphatic carbocycles. The summed E-state index contributed by atoms with van der Waals surface area (Å²) in [5, 5.41) is 3.41. The van der Waals surface area contributed by atoms with Gasteiger partial charge in [0.05, 0.1) is 7.11 Å². The van der Waals surface area contributed by atoms with Crippen LogP contribution in [0.2, 0.25) is 0 Å². The highest BCUT2D eigenvalue weighted by Gasteiger charge is 2.20. The standard InChI is InChI=1S/C15H24N2O2/c1-3-17(13-8-9-16-12-13)10-11-19-15-6-4-14(18-2)5-7-15/h4-7,13,16H,3,8-12H2,1-2H3. The summed E-state index contributed by atoms with van der Waals surface area (Å²) < 4.78 is 10.9. The summed E-state index contributed by atoms with van der Waals surface area (Å²) in [5.41, 5.74) is 0. The molecule has 0 amide bonds. The van der Waals surface area contributed by atoms with Gasteiger partial charge in [-0.05, 0) is 43.8 Å². The number of nitrogens with zero attached hydrogens (tertiary/aromatic N) is 1. The fraction of sp³-hybridized carbons (Fsp3) is 0.600. The molecule has 0 aromatic heterocycles. The van der Waals surface area contributed by atoms with Gasteiger partial charge in [-0.1, -0.05) is 6.92 Å². The lowest BCUT2D eigenvalue weighted by molar-refractivity contribution is 0.174. The molecule has 1 fully saturated rings. The van der Waals surface area contributed by atoms with Crippen molar-refractivity contribution in [1.82, 2.24) is 10.2 Å². The van der Waals surface area contributed by atoms with Gasteiger partial charge in [-0.3, -0.25) is 4.90 Å². The van der Waals surface area contributed by atoms with Crippen molar-refractivity contribution in [2.45, 2.75) is 19.4 Å². The Morgan fingerprint density at radius 1 is 1.26 bits per heavy atom.